The second-order valence-corrected chi connectivity index (χ2v) is 9.22. The molecule has 1 rings (SSSR count). The normalized spacial score (nSPS) is 22.3. The first-order chi connectivity index (χ1) is 14.6. The van der Waals surface area contributed by atoms with Gasteiger partial charge in [0, 0.05) is 6.42 Å². The van der Waals surface area contributed by atoms with Crippen LogP contribution in [0.15, 0.2) is 0 Å². The Morgan fingerprint density at radius 3 is 1.83 bits per heavy atom. The molecule has 0 amide bonds. The summed E-state index contributed by atoms with van der Waals surface area (Å²) in [6, 6.07) is 0. The molecule has 1 aliphatic heterocycles. The van der Waals surface area contributed by atoms with Crippen LogP contribution in [-0.2, 0) is 9.47 Å². The largest absolute Gasteiger partial charge is 0.478 e. The van der Waals surface area contributed by atoms with E-state index in [4.69, 9.17) is 26.8 Å². The summed E-state index contributed by atoms with van der Waals surface area (Å²) in [5, 5.41) is 29.3. The van der Waals surface area contributed by atoms with E-state index in [0.29, 0.717) is 11.5 Å². The maximum Gasteiger partial charge on any atom is 0.160 e. The van der Waals surface area contributed by atoms with Crippen LogP contribution < -0.4 is 0 Å². The van der Waals surface area contributed by atoms with Crippen LogP contribution in [0.5, 0.6) is 0 Å². The predicted molar refractivity (Wildman–Crippen MR) is 126 cm³/mol. The van der Waals surface area contributed by atoms with Gasteiger partial charge in [0.2, 0.25) is 0 Å². The highest BCUT2D eigenvalue weighted by atomic mass is 32.1. The van der Waals surface area contributed by atoms with Crippen molar-refractivity contribution >= 4 is 17.3 Å². The van der Waals surface area contributed by atoms with Gasteiger partial charge in [-0.1, -0.05) is 96.8 Å². The Balaban J connectivity index is 1.91. The zero-order valence-electron chi connectivity index (χ0n) is 19.1. The standard InChI is InChI=1S/C24H46O5S/c1-2-3-4-5-6-7-8-9-10-11-12-13-14-15-16-17-22(30)29-24-21(27)19-28-23(24)20(26)18-25/h20-21,23-27H,2-19H2,1H3/t20-,21+,23-,24-/m0/s1. The van der Waals surface area contributed by atoms with Gasteiger partial charge in [-0.3, -0.25) is 0 Å². The molecule has 30 heavy (non-hydrogen) atoms. The number of thiocarbonyl (C=S) groups is 1. The van der Waals surface area contributed by atoms with Crippen molar-refractivity contribution < 1.29 is 24.8 Å². The van der Waals surface area contributed by atoms with E-state index in [1.807, 2.05) is 0 Å². The fourth-order valence-electron chi connectivity index (χ4n) is 4.05. The number of hydrogen-bond acceptors (Lipinski definition) is 6. The quantitative estimate of drug-likeness (QED) is 0.190. The average molecular weight is 447 g/mol. The van der Waals surface area contributed by atoms with Crippen LogP contribution in [0.3, 0.4) is 0 Å². The van der Waals surface area contributed by atoms with E-state index in [2.05, 4.69) is 6.92 Å². The summed E-state index contributed by atoms with van der Waals surface area (Å²) >= 11 is 5.29. The summed E-state index contributed by atoms with van der Waals surface area (Å²) in [6.07, 6.45) is 17.2. The van der Waals surface area contributed by atoms with Crippen LogP contribution in [-0.4, -0.2) is 58.0 Å². The van der Waals surface area contributed by atoms with Crippen LogP contribution in [0.1, 0.15) is 110 Å². The molecular formula is C24H46O5S. The minimum Gasteiger partial charge on any atom is -0.478 e. The fraction of sp³-hybridized carbons (Fsp3) is 0.958. The topological polar surface area (TPSA) is 79.2 Å². The van der Waals surface area contributed by atoms with Gasteiger partial charge in [-0.2, -0.15) is 0 Å². The highest BCUT2D eigenvalue weighted by molar-refractivity contribution is 7.80. The Kier molecular flexibility index (Phi) is 17.0. The molecule has 0 unspecified atom stereocenters. The van der Waals surface area contributed by atoms with Crippen molar-refractivity contribution in [3.05, 3.63) is 0 Å². The summed E-state index contributed by atoms with van der Waals surface area (Å²) in [5.74, 6) is 0. The third-order valence-corrected chi connectivity index (χ3v) is 6.28. The van der Waals surface area contributed by atoms with E-state index in [-0.39, 0.29) is 6.61 Å². The Morgan fingerprint density at radius 1 is 0.900 bits per heavy atom. The number of ether oxygens (including phenoxy) is 2. The van der Waals surface area contributed by atoms with Crippen LogP contribution in [0.4, 0.5) is 0 Å². The van der Waals surface area contributed by atoms with Crippen molar-refractivity contribution in [1.82, 2.24) is 0 Å². The molecule has 0 bridgehead atoms. The maximum absolute atomic E-state index is 9.95. The van der Waals surface area contributed by atoms with Crippen LogP contribution in [0, 0.1) is 0 Å². The van der Waals surface area contributed by atoms with Gasteiger partial charge >= 0.3 is 0 Å². The molecule has 5 nitrogen and oxygen atoms in total. The molecule has 0 spiro atoms. The van der Waals surface area contributed by atoms with E-state index >= 15 is 0 Å². The maximum atomic E-state index is 9.95. The summed E-state index contributed by atoms with van der Waals surface area (Å²) in [4.78, 5) is 0. The smallest absolute Gasteiger partial charge is 0.160 e. The van der Waals surface area contributed by atoms with Crippen molar-refractivity contribution in [2.75, 3.05) is 13.2 Å². The highest BCUT2D eigenvalue weighted by Crippen LogP contribution is 2.22. The van der Waals surface area contributed by atoms with E-state index < -0.39 is 31.0 Å². The third-order valence-electron chi connectivity index (χ3n) is 5.98. The second kappa shape index (κ2) is 18.3. The van der Waals surface area contributed by atoms with E-state index in [1.54, 1.807) is 0 Å². The van der Waals surface area contributed by atoms with Crippen molar-refractivity contribution in [3.63, 3.8) is 0 Å². The molecule has 0 aromatic heterocycles. The third kappa shape index (κ3) is 12.6. The predicted octanol–water partition coefficient (Wildman–Crippen LogP) is 5.07. The minimum atomic E-state index is -1.07. The molecule has 0 aromatic carbocycles. The number of unbranched alkanes of at least 4 members (excludes halogenated alkanes) is 14. The molecule has 0 aromatic rings. The molecule has 0 radical (unpaired) electrons. The first kappa shape index (κ1) is 27.8. The summed E-state index contributed by atoms with van der Waals surface area (Å²) in [7, 11) is 0. The molecule has 6 heteroatoms. The van der Waals surface area contributed by atoms with Crippen molar-refractivity contribution in [2.45, 2.75) is 134 Å². The molecule has 1 heterocycles. The minimum absolute atomic E-state index is 0.0912. The van der Waals surface area contributed by atoms with Gasteiger partial charge in [0.05, 0.1) is 13.2 Å². The monoisotopic (exact) mass is 446 g/mol. The number of hydrogen-bond donors (Lipinski definition) is 3. The van der Waals surface area contributed by atoms with Gasteiger partial charge in [0.25, 0.3) is 0 Å². The Morgan fingerprint density at radius 2 is 1.37 bits per heavy atom. The number of aliphatic hydroxyl groups excluding tert-OH is 3. The average Bonchev–Trinajstić information content (AvgIpc) is 3.10. The lowest BCUT2D eigenvalue weighted by Crippen LogP contribution is -2.43. The fourth-order valence-corrected chi connectivity index (χ4v) is 4.30. The van der Waals surface area contributed by atoms with Crippen LogP contribution in [0.25, 0.3) is 0 Å². The van der Waals surface area contributed by atoms with Crippen molar-refractivity contribution in [2.24, 2.45) is 0 Å². The molecule has 1 aliphatic rings. The van der Waals surface area contributed by atoms with Crippen LogP contribution in [0.2, 0.25) is 0 Å². The first-order valence-electron chi connectivity index (χ1n) is 12.4. The van der Waals surface area contributed by atoms with Gasteiger partial charge in [0.1, 0.15) is 18.3 Å². The zero-order chi connectivity index (χ0) is 22.0. The lowest BCUT2D eigenvalue weighted by molar-refractivity contribution is -0.0642. The number of rotatable bonds is 19. The molecule has 3 N–H and O–H groups in total. The Labute approximate surface area is 189 Å². The van der Waals surface area contributed by atoms with E-state index in [9.17, 15) is 10.2 Å². The second-order valence-electron chi connectivity index (χ2n) is 8.77. The van der Waals surface area contributed by atoms with E-state index in [0.717, 1.165) is 12.8 Å². The summed E-state index contributed by atoms with van der Waals surface area (Å²) < 4.78 is 11.0. The number of aliphatic hydroxyl groups is 3. The van der Waals surface area contributed by atoms with Crippen molar-refractivity contribution in [1.29, 1.82) is 0 Å². The van der Waals surface area contributed by atoms with Gasteiger partial charge in [0.15, 0.2) is 11.2 Å². The summed E-state index contributed by atoms with van der Waals surface area (Å²) in [5.41, 5.74) is 0. The SMILES string of the molecule is CCCCCCCCCCCCCCCCCC(=S)O[C@@H]1[C@H]([C@@H](O)CO)OC[C@H]1O. The lowest BCUT2D eigenvalue weighted by atomic mass is 10.0. The van der Waals surface area contributed by atoms with Gasteiger partial charge in [-0.05, 0) is 18.6 Å². The molecule has 1 saturated heterocycles. The Bertz CT molecular complexity index is 420. The van der Waals surface area contributed by atoms with Gasteiger partial charge in [-0.15, -0.1) is 0 Å². The Hall–Kier alpha value is -0.270. The lowest BCUT2D eigenvalue weighted by Gasteiger charge is -2.24. The van der Waals surface area contributed by atoms with E-state index in [1.165, 1.54) is 83.5 Å². The van der Waals surface area contributed by atoms with Gasteiger partial charge in [-0.25, -0.2) is 0 Å². The molecule has 0 aliphatic carbocycles. The summed E-state index contributed by atoms with van der Waals surface area (Å²) in [6.45, 7) is 1.93. The molecule has 0 saturated carbocycles. The molecule has 178 valence electrons. The highest BCUT2D eigenvalue weighted by Gasteiger charge is 2.42. The molecule has 1 fully saturated rings. The molecular weight excluding hydrogens is 400 g/mol. The molecule has 4 atom stereocenters. The van der Waals surface area contributed by atoms with Crippen LogP contribution >= 0.6 is 12.2 Å². The van der Waals surface area contributed by atoms with Gasteiger partial charge < -0.3 is 24.8 Å². The zero-order valence-corrected chi connectivity index (χ0v) is 19.9. The first-order valence-corrected chi connectivity index (χ1v) is 12.8. The van der Waals surface area contributed by atoms with Crippen molar-refractivity contribution in [3.8, 4) is 0 Å².